The lowest BCUT2D eigenvalue weighted by Gasteiger charge is -2.36. The van der Waals surface area contributed by atoms with E-state index in [4.69, 9.17) is 10.5 Å². The van der Waals surface area contributed by atoms with Crippen LogP contribution in [0.5, 0.6) is 0 Å². The highest BCUT2D eigenvalue weighted by molar-refractivity contribution is 5.48. The zero-order chi connectivity index (χ0) is 13.9. The summed E-state index contributed by atoms with van der Waals surface area (Å²) < 4.78 is 18.9. The van der Waals surface area contributed by atoms with Crippen molar-refractivity contribution in [2.75, 3.05) is 31.7 Å². The second kappa shape index (κ2) is 5.86. The van der Waals surface area contributed by atoms with Gasteiger partial charge in [0, 0.05) is 57.4 Å². The molecule has 2 rings (SSSR count). The summed E-state index contributed by atoms with van der Waals surface area (Å²) in [5, 5.41) is 10.4. The smallest absolute Gasteiger partial charge is 0.129 e. The minimum Gasteiger partial charge on any atom is -0.388 e. The molecule has 0 aliphatic carbocycles. The Morgan fingerprint density at radius 1 is 1.42 bits per heavy atom. The third-order valence-corrected chi connectivity index (χ3v) is 3.65. The lowest BCUT2D eigenvalue weighted by molar-refractivity contribution is -0.0572. The van der Waals surface area contributed by atoms with Crippen LogP contribution in [0.1, 0.15) is 18.4 Å². The second-order valence-electron chi connectivity index (χ2n) is 5.17. The van der Waals surface area contributed by atoms with Crippen LogP contribution in [0.2, 0.25) is 0 Å². The first-order chi connectivity index (χ1) is 9.04. The van der Waals surface area contributed by atoms with E-state index in [1.807, 2.05) is 18.0 Å². The Labute approximate surface area is 113 Å². The number of halogens is 1. The molecular weight excluding hydrogens is 247 g/mol. The first kappa shape index (κ1) is 14.2. The molecule has 0 spiro atoms. The predicted molar refractivity (Wildman–Crippen MR) is 72.6 cm³/mol. The minimum atomic E-state index is -0.754. The van der Waals surface area contributed by atoms with E-state index in [9.17, 15) is 9.50 Å². The van der Waals surface area contributed by atoms with Crippen molar-refractivity contribution in [2.45, 2.75) is 25.0 Å². The molecule has 1 aromatic rings. The van der Waals surface area contributed by atoms with Gasteiger partial charge in [0.15, 0.2) is 0 Å². The van der Waals surface area contributed by atoms with Gasteiger partial charge in [-0.05, 0) is 12.1 Å². The van der Waals surface area contributed by atoms with Crippen molar-refractivity contribution in [1.82, 2.24) is 0 Å². The fourth-order valence-electron chi connectivity index (χ4n) is 2.38. The highest BCUT2D eigenvalue weighted by Crippen LogP contribution is 2.25. The standard InChI is InChI=1S/C14H21FN2O2/c1-17(10-14(18)4-6-19-7-5-14)12-3-2-11(9-16)13(15)8-12/h2-3,8,18H,4-7,9-10,16H2,1H3. The van der Waals surface area contributed by atoms with Gasteiger partial charge in [-0.15, -0.1) is 0 Å². The van der Waals surface area contributed by atoms with Crippen LogP contribution in [-0.2, 0) is 11.3 Å². The Morgan fingerprint density at radius 2 is 2.11 bits per heavy atom. The topological polar surface area (TPSA) is 58.7 Å². The minimum absolute atomic E-state index is 0.192. The number of nitrogens with two attached hydrogens (primary N) is 1. The van der Waals surface area contributed by atoms with Gasteiger partial charge in [0.2, 0.25) is 0 Å². The van der Waals surface area contributed by atoms with E-state index >= 15 is 0 Å². The van der Waals surface area contributed by atoms with Crippen molar-refractivity contribution in [3.63, 3.8) is 0 Å². The number of hydrogen-bond acceptors (Lipinski definition) is 4. The van der Waals surface area contributed by atoms with E-state index < -0.39 is 5.60 Å². The van der Waals surface area contributed by atoms with Crippen molar-refractivity contribution < 1.29 is 14.2 Å². The van der Waals surface area contributed by atoms with Gasteiger partial charge in [-0.25, -0.2) is 4.39 Å². The number of hydrogen-bond donors (Lipinski definition) is 2. The molecule has 0 atom stereocenters. The van der Waals surface area contributed by atoms with Crippen molar-refractivity contribution in [2.24, 2.45) is 5.73 Å². The van der Waals surface area contributed by atoms with Gasteiger partial charge < -0.3 is 20.5 Å². The molecule has 1 heterocycles. The van der Waals surface area contributed by atoms with E-state index in [-0.39, 0.29) is 12.4 Å². The van der Waals surface area contributed by atoms with Crippen LogP contribution in [0.3, 0.4) is 0 Å². The first-order valence-corrected chi connectivity index (χ1v) is 6.54. The maximum absolute atomic E-state index is 13.7. The van der Waals surface area contributed by atoms with Crippen LogP contribution in [0.25, 0.3) is 0 Å². The van der Waals surface area contributed by atoms with Crippen LogP contribution < -0.4 is 10.6 Å². The van der Waals surface area contributed by atoms with Crippen LogP contribution in [0, 0.1) is 5.82 Å². The number of ether oxygens (including phenoxy) is 1. The second-order valence-corrected chi connectivity index (χ2v) is 5.17. The number of aliphatic hydroxyl groups is 1. The van der Waals surface area contributed by atoms with Gasteiger partial charge in [0.1, 0.15) is 5.82 Å². The summed E-state index contributed by atoms with van der Waals surface area (Å²) in [7, 11) is 1.85. The maximum Gasteiger partial charge on any atom is 0.129 e. The highest BCUT2D eigenvalue weighted by Gasteiger charge is 2.31. The van der Waals surface area contributed by atoms with Gasteiger partial charge in [-0.1, -0.05) is 6.07 Å². The Morgan fingerprint density at radius 3 is 2.68 bits per heavy atom. The summed E-state index contributed by atoms with van der Waals surface area (Å²) in [6.45, 7) is 1.81. The highest BCUT2D eigenvalue weighted by atomic mass is 19.1. The lowest BCUT2D eigenvalue weighted by Crippen LogP contribution is -2.45. The summed E-state index contributed by atoms with van der Waals surface area (Å²) in [6, 6.07) is 4.98. The van der Waals surface area contributed by atoms with E-state index in [2.05, 4.69) is 0 Å². The Bertz CT molecular complexity index is 433. The molecule has 0 aromatic heterocycles. The van der Waals surface area contributed by atoms with Crippen molar-refractivity contribution in [3.05, 3.63) is 29.6 Å². The third kappa shape index (κ3) is 3.43. The molecule has 0 radical (unpaired) electrons. The molecule has 1 aliphatic heterocycles. The molecule has 1 aromatic carbocycles. The quantitative estimate of drug-likeness (QED) is 0.863. The van der Waals surface area contributed by atoms with Gasteiger partial charge in [0.25, 0.3) is 0 Å². The summed E-state index contributed by atoms with van der Waals surface area (Å²) in [5.41, 5.74) is 5.93. The molecule has 4 nitrogen and oxygen atoms in total. The number of nitrogens with zero attached hydrogens (tertiary/aromatic N) is 1. The zero-order valence-corrected chi connectivity index (χ0v) is 11.2. The van der Waals surface area contributed by atoms with Crippen LogP contribution in [-0.4, -0.2) is 37.5 Å². The normalized spacial score (nSPS) is 18.3. The van der Waals surface area contributed by atoms with Crippen molar-refractivity contribution >= 4 is 5.69 Å². The molecule has 1 aliphatic rings. The zero-order valence-electron chi connectivity index (χ0n) is 11.2. The summed E-state index contributed by atoms with van der Waals surface area (Å²) >= 11 is 0. The number of anilines is 1. The summed E-state index contributed by atoms with van der Waals surface area (Å²) in [6.07, 6.45) is 1.22. The van der Waals surface area contributed by atoms with Gasteiger partial charge >= 0.3 is 0 Å². The number of rotatable bonds is 4. The van der Waals surface area contributed by atoms with Crippen LogP contribution in [0.4, 0.5) is 10.1 Å². The van der Waals surface area contributed by atoms with E-state index in [1.165, 1.54) is 6.07 Å². The van der Waals surface area contributed by atoms with E-state index in [1.54, 1.807) is 6.07 Å². The number of benzene rings is 1. The Hall–Kier alpha value is -1.17. The molecule has 3 N–H and O–H groups in total. The molecule has 19 heavy (non-hydrogen) atoms. The maximum atomic E-state index is 13.7. The van der Waals surface area contributed by atoms with Gasteiger partial charge in [0.05, 0.1) is 5.60 Å². The summed E-state index contributed by atoms with van der Waals surface area (Å²) in [5.74, 6) is -0.300. The van der Waals surface area contributed by atoms with E-state index in [0.29, 0.717) is 38.2 Å². The number of likely N-dealkylation sites (N-methyl/N-ethyl adjacent to an activating group) is 1. The Balaban J connectivity index is 2.06. The van der Waals surface area contributed by atoms with E-state index in [0.717, 1.165) is 5.69 Å². The molecule has 5 heteroatoms. The molecule has 1 saturated heterocycles. The average molecular weight is 268 g/mol. The fourth-order valence-corrected chi connectivity index (χ4v) is 2.38. The lowest BCUT2D eigenvalue weighted by atomic mass is 9.93. The van der Waals surface area contributed by atoms with Crippen molar-refractivity contribution in [3.8, 4) is 0 Å². The molecule has 1 fully saturated rings. The SMILES string of the molecule is CN(CC1(O)CCOCC1)c1ccc(CN)c(F)c1. The molecule has 106 valence electrons. The van der Waals surface area contributed by atoms with Crippen LogP contribution >= 0.6 is 0 Å². The molecule has 0 unspecified atom stereocenters. The van der Waals surface area contributed by atoms with Crippen molar-refractivity contribution in [1.29, 1.82) is 0 Å². The molecule has 0 amide bonds. The monoisotopic (exact) mass is 268 g/mol. The molecular formula is C14H21FN2O2. The van der Waals surface area contributed by atoms with Gasteiger partial charge in [-0.3, -0.25) is 0 Å². The van der Waals surface area contributed by atoms with Crippen LogP contribution in [0.15, 0.2) is 18.2 Å². The fraction of sp³-hybridized carbons (Fsp3) is 0.571. The Kier molecular flexibility index (Phi) is 4.39. The molecule has 0 bridgehead atoms. The predicted octanol–water partition coefficient (Wildman–Crippen LogP) is 1.26. The third-order valence-electron chi connectivity index (χ3n) is 3.65. The largest absolute Gasteiger partial charge is 0.388 e. The van der Waals surface area contributed by atoms with Gasteiger partial charge in [-0.2, -0.15) is 0 Å². The molecule has 0 saturated carbocycles. The summed E-state index contributed by atoms with van der Waals surface area (Å²) in [4.78, 5) is 1.87. The average Bonchev–Trinajstić information content (AvgIpc) is 2.39. The first-order valence-electron chi connectivity index (χ1n) is 6.54.